The van der Waals surface area contributed by atoms with Gasteiger partial charge in [0.1, 0.15) is 11.5 Å². The van der Waals surface area contributed by atoms with Crippen molar-refractivity contribution in [3.63, 3.8) is 0 Å². The van der Waals surface area contributed by atoms with Crippen LogP contribution in [0, 0.1) is 0 Å². The Balaban J connectivity index is 0.000000276. The number of aliphatic hydroxyl groups is 1. The van der Waals surface area contributed by atoms with Crippen LogP contribution in [0.5, 0.6) is 11.5 Å². The fraction of sp³-hybridized carbons (Fsp3) is 0.235. The van der Waals surface area contributed by atoms with E-state index in [9.17, 15) is 9.59 Å². The number of carboxylic acid groups (broad SMARTS) is 1. The molecule has 0 aliphatic heterocycles. The average Bonchev–Trinajstić information content (AvgIpc) is 3.65. The van der Waals surface area contributed by atoms with Crippen LogP contribution in [0.3, 0.4) is 0 Å². The Hall–Kier alpha value is -5.02. The standard InChI is InChI=1S/C17H19NO3.C15H15NO3.C2H6O/c1-3-21-17(19)11-8-15-5-4-12-18(15)13-14-6-9-16(20-2)10-7-14;1-19-14-7-4-12(5-8-14)11-16-10-2-3-13(16)6-9-15(17)18;1-2-3/h4-12H,3,13H2,1-2H3;2-10H,11H2,1H3,(H,17,18);3H,2H2,1H3/b11-8+;9-6+;. The third-order valence-corrected chi connectivity index (χ3v) is 5.83. The number of ether oxygens (including phenoxy) is 3. The molecule has 0 aliphatic carbocycles. The van der Waals surface area contributed by atoms with Crippen molar-refractivity contribution in [2.45, 2.75) is 26.9 Å². The van der Waals surface area contributed by atoms with Gasteiger partial charge < -0.3 is 33.6 Å². The number of aliphatic hydroxyl groups excluding tert-OH is 1. The van der Waals surface area contributed by atoms with E-state index >= 15 is 0 Å². The van der Waals surface area contributed by atoms with Gasteiger partial charge in [0.25, 0.3) is 0 Å². The topological polar surface area (TPSA) is 112 Å². The van der Waals surface area contributed by atoms with Crippen molar-refractivity contribution < 1.29 is 34.0 Å². The van der Waals surface area contributed by atoms with Gasteiger partial charge in [-0.05, 0) is 85.7 Å². The summed E-state index contributed by atoms with van der Waals surface area (Å²) in [5.74, 6) is 0.392. The Bertz CT molecular complexity index is 1430. The third-order valence-electron chi connectivity index (χ3n) is 5.83. The Morgan fingerprint density at radius 1 is 0.721 bits per heavy atom. The minimum absolute atomic E-state index is 0.250. The molecular weight excluding hydrogens is 548 g/mol. The summed E-state index contributed by atoms with van der Waals surface area (Å²) in [7, 11) is 3.29. The molecule has 9 nitrogen and oxygen atoms in total. The Labute approximate surface area is 252 Å². The van der Waals surface area contributed by atoms with Crippen molar-refractivity contribution in [2.75, 3.05) is 27.4 Å². The van der Waals surface area contributed by atoms with Crippen molar-refractivity contribution in [1.82, 2.24) is 9.13 Å². The normalized spacial score (nSPS) is 10.4. The van der Waals surface area contributed by atoms with Crippen molar-refractivity contribution in [1.29, 1.82) is 0 Å². The van der Waals surface area contributed by atoms with Crippen LogP contribution in [-0.4, -0.2) is 58.7 Å². The van der Waals surface area contributed by atoms with Gasteiger partial charge in [0.15, 0.2) is 0 Å². The summed E-state index contributed by atoms with van der Waals surface area (Å²) >= 11 is 0. The number of carbonyl (C=O) groups is 2. The van der Waals surface area contributed by atoms with Crippen LogP contribution in [-0.2, 0) is 27.4 Å². The number of benzene rings is 2. The number of carboxylic acids is 1. The second-order valence-corrected chi connectivity index (χ2v) is 8.89. The zero-order valence-electron chi connectivity index (χ0n) is 25.1. The zero-order valence-corrected chi connectivity index (χ0v) is 25.1. The lowest BCUT2D eigenvalue weighted by Gasteiger charge is -2.07. The number of methoxy groups -OCH3 is 2. The maximum absolute atomic E-state index is 11.3. The SMILES string of the molecule is CCO.CCOC(=O)/C=C/c1cccn1Cc1ccc(OC)cc1.COc1ccc(Cn2cccc2/C=C/C(=O)O)cc1. The van der Waals surface area contributed by atoms with E-state index in [1.807, 2.05) is 89.8 Å². The summed E-state index contributed by atoms with van der Waals surface area (Å²) in [6.07, 6.45) is 9.84. The van der Waals surface area contributed by atoms with Gasteiger partial charge in [-0.25, -0.2) is 9.59 Å². The molecule has 43 heavy (non-hydrogen) atoms. The fourth-order valence-electron chi connectivity index (χ4n) is 3.80. The number of aromatic nitrogens is 2. The first kappa shape index (κ1) is 34.2. The summed E-state index contributed by atoms with van der Waals surface area (Å²) in [5, 5.41) is 16.2. The lowest BCUT2D eigenvalue weighted by atomic mass is 10.2. The summed E-state index contributed by atoms with van der Waals surface area (Å²) in [6, 6.07) is 23.4. The molecule has 0 fully saturated rings. The van der Waals surface area contributed by atoms with E-state index in [0.29, 0.717) is 13.2 Å². The van der Waals surface area contributed by atoms with Gasteiger partial charge in [0.05, 0.1) is 20.8 Å². The highest BCUT2D eigenvalue weighted by atomic mass is 16.5. The molecule has 0 saturated carbocycles. The summed E-state index contributed by atoms with van der Waals surface area (Å²) in [6.45, 7) is 5.53. The summed E-state index contributed by atoms with van der Waals surface area (Å²) in [5.41, 5.74) is 4.11. The van der Waals surface area contributed by atoms with Crippen molar-refractivity contribution in [3.8, 4) is 11.5 Å². The number of hydrogen-bond acceptors (Lipinski definition) is 6. The predicted octanol–water partition coefficient (Wildman–Crippen LogP) is 5.76. The highest BCUT2D eigenvalue weighted by molar-refractivity contribution is 5.86. The molecule has 0 atom stereocenters. The molecule has 0 radical (unpaired) electrons. The number of esters is 1. The summed E-state index contributed by atoms with van der Waals surface area (Å²) < 4.78 is 19.2. The van der Waals surface area contributed by atoms with E-state index in [1.54, 1.807) is 40.2 Å². The molecule has 2 N–H and O–H groups in total. The van der Waals surface area contributed by atoms with Crippen molar-refractivity contribution >= 4 is 24.1 Å². The van der Waals surface area contributed by atoms with Crippen LogP contribution < -0.4 is 9.47 Å². The molecule has 0 aliphatic rings. The molecule has 4 aromatic rings. The second kappa shape index (κ2) is 19.2. The molecule has 0 unspecified atom stereocenters. The van der Waals surface area contributed by atoms with Crippen LogP contribution in [0.4, 0.5) is 0 Å². The molecule has 9 heteroatoms. The van der Waals surface area contributed by atoms with E-state index < -0.39 is 5.97 Å². The molecule has 228 valence electrons. The molecule has 0 saturated heterocycles. The quantitative estimate of drug-likeness (QED) is 0.169. The van der Waals surface area contributed by atoms with Gasteiger partial charge in [-0.3, -0.25) is 0 Å². The number of hydrogen-bond donors (Lipinski definition) is 2. The number of aliphatic carboxylic acids is 1. The first-order valence-corrected chi connectivity index (χ1v) is 13.8. The van der Waals surface area contributed by atoms with E-state index in [1.165, 1.54) is 6.08 Å². The van der Waals surface area contributed by atoms with E-state index in [2.05, 4.69) is 4.57 Å². The van der Waals surface area contributed by atoms with Crippen LogP contribution >= 0.6 is 0 Å². The largest absolute Gasteiger partial charge is 0.497 e. The smallest absolute Gasteiger partial charge is 0.330 e. The third kappa shape index (κ3) is 12.6. The van der Waals surface area contributed by atoms with Crippen molar-refractivity contribution in [2.24, 2.45) is 0 Å². The maximum atomic E-state index is 11.3. The molecule has 0 bridgehead atoms. The predicted molar refractivity (Wildman–Crippen MR) is 168 cm³/mol. The first-order valence-electron chi connectivity index (χ1n) is 13.8. The monoisotopic (exact) mass is 588 g/mol. The molecule has 2 heterocycles. The zero-order chi connectivity index (χ0) is 31.5. The van der Waals surface area contributed by atoms with Gasteiger partial charge >= 0.3 is 11.9 Å². The Morgan fingerprint density at radius 2 is 1.14 bits per heavy atom. The summed E-state index contributed by atoms with van der Waals surface area (Å²) in [4.78, 5) is 21.9. The van der Waals surface area contributed by atoms with Crippen LogP contribution in [0.15, 0.2) is 97.3 Å². The fourth-order valence-corrected chi connectivity index (χ4v) is 3.80. The number of carbonyl (C=O) groups excluding carboxylic acids is 1. The molecule has 0 amide bonds. The first-order chi connectivity index (χ1) is 20.8. The minimum Gasteiger partial charge on any atom is -0.497 e. The number of rotatable bonds is 11. The maximum Gasteiger partial charge on any atom is 0.330 e. The van der Waals surface area contributed by atoms with Gasteiger partial charge in [-0.2, -0.15) is 0 Å². The molecule has 0 spiro atoms. The molecular formula is C34H40N2O7. The lowest BCUT2D eigenvalue weighted by Crippen LogP contribution is -2.02. The molecule has 2 aromatic carbocycles. The average molecular weight is 589 g/mol. The number of nitrogens with zero attached hydrogens (tertiary/aromatic N) is 2. The van der Waals surface area contributed by atoms with Crippen LogP contribution in [0.25, 0.3) is 12.2 Å². The molecule has 4 rings (SSSR count). The van der Waals surface area contributed by atoms with Crippen LogP contribution in [0.2, 0.25) is 0 Å². The van der Waals surface area contributed by atoms with Gasteiger partial charge in [0.2, 0.25) is 0 Å². The van der Waals surface area contributed by atoms with E-state index in [-0.39, 0.29) is 12.6 Å². The van der Waals surface area contributed by atoms with Gasteiger partial charge in [0, 0.05) is 55.6 Å². The van der Waals surface area contributed by atoms with Gasteiger partial charge in [-0.15, -0.1) is 0 Å². The Morgan fingerprint density at radius 3 is 1.51 bits per heavy atom. The molecule has 2 aromatic heterocycles. The Kier molecular flexibility index (Phi) is 15.2. The highest BCUT2D eigenvalue weighted by Crippen LogP contribution is 2.15. The lowest BCUT2D eigenvalue weighted by molar-refractivity contribution is -0.137. The van der Waals surface area contributed by atoms with E-state index in [0.717, 1.165) is 46.6 Å². The van der Waals surface area contributed by atoms with Crippen LogP contribution in [0.1, 0.15) is 36.4 Å². The minimum atomic E-state index is -0.947. The second-order valence-electron chi connectivity index (χ2n) is 8.89. The van der Waals surface area contributed by atoms with E-state index in [4.69, 9.17) is 24.4 Å². The van der Waals surface area contributed by atoms with Crippen molar-refractivity contribution in [3.05, 3.63) is 120 Å². The van der Waals surface area contributed by atoms with Gasteiger partial charge in [-0.1, -0.05) is 24.3 Å². The highest BCUT2D eigenvalue weighted by Gasteiger charge is 2.02.